The molecule has 0 amide bonds. The van der Waals surface area contributed by atoms with E-state index in [1.807, 2.05) is 0 Å². The normalized spacial score (nSPS) is 29.9. The maximum Gasteiger partial charge on any atom is 0.339 e. The van der Waals surface area contributed by atoms with Crippen LogP contribution in [0.4, 0.5) is 0 Å². The summed E-state index contributed by atoms with van der Waals surface area (Å²) in [6, 6.07) is 1.97. The Morgan fingerprint density at radius 2 is 2.39 bits per heavy atom. The second kappa shape index (κ2) is 4.40. The van der Waals surface area contributed by atoms with E-state index in [9.17, 15) is 4.79 Å². The molecule has 3 rings (SSSR count). The van der Waals surface area contributed by atoms with Gasteiger partial charge in [-0.2, -0.15) is 0 Å². The fraction of sp³-hybridized carbons (Fsp3) is 0.615. The van der Waals surface area contributed by atoms with Gasteiger partial charge in [0.15, 0.2) is 0 Å². The molecule has 0 saturated carbocycles. The number of hydrogen-bond donors (Lipinski definition) is 2. The average Bonchev–Trinajstić information content (AvgIpc) is 3.00. The largest absolute Gasteiger partial charge is 0.478 e. The highest BCUT2D eigenvalue weighted by Gasteiger charge is 2.40. The molecule has 0 radical (unpaired) electrons. The number of carbonyl (C=O) groups is 1. The fourth-order valence-electron chi connectivity index (χ4n) is 2.93. The van der Waals surface area contributed by atoms with Gasteiger partial charge >= 0.3 is 5.97 Å². The highest BCUT2D eigenvalue weighted by molar-refractivity contribution is 5.88. The second-order valence-corrected chi connectivity index (χ2v) is 5.08. The van der Waals surface area contributed by atoms with E-state index in [-0.39, 0.29) is 5.56 Å². The Hall–Kier alpha value is -1.33. The van der Waals surface area contributed by atoms with Crippen molar-refractivity contribution in [3.8, 4) is 0 Å². The molecular weight excluding hydrogens is 234 g/mol. The summed E-state index contributed by atoms with van der Waals surface area (Å²) in [5.41, 5.74) is 0.246. The number of furan rings is 1. The predicted molar refractivity (Wildman–Crippen MR) is 63.5 cm³/mol. The van der Waals surface area contributed by atoms with Crippen molar-refractivity contribution in [2.24, 2.45) is 0 Å². The minimum atomic E-state index is -0.939. The highest BCUT2D eigenvalue weighted by atomic mass is 16.5. The minimum Gasteiger partial charge on any atom is -0.478 e. The van der Waals surface area contributed by atoms with E-state index in [1.165, 1.54) is 6.42 Å². The molecule has 5 heteroatoms. The molecule has 3 heterocycles. The monoisotopic (exact) mass is 251 g/mol. The Labute approximate surface area is 105 Å². The van der Waals surface area contributed by atoms with Gasteiger partial charge in [-0.25, -0.2) is 4.79 Å². The van der Waals surface area contributed by atoms with Crippen LogP contribution in [0.1, 0.15) is 41.1 Å². The molecule has 3 unspecified atom stereocenters. The molecule has 2 saturated heterocycles. The van der Waals surface area contributed by atoms with Crippen molar-refractivity contribution < 1.29 is 19.1 Å². The summed E-state index contributed by atoms with van der Waals surface area (Å²) in [5, 5.41) is 12.3. The van der Waals surface area contributed by atoms with Crippen LogP contribution in [-0.2, 0) is 11.3 Å². The van der Waals surface area contributed by atoms with Gasteiger partial charge in [-0.1, -0.05) is 0 Å². The fourth-order valence-corrected chi connectivity index (χ4v) is 2.93. The van der Waals surface area contributed by atoms with Gasteiger partial charge in [-0.3, -0.25) is 0 Å². The van der Waals surface area contributed by atoms with E-state index in [2.05, 4.69) is 5.32 Å². The lowest BCUT2D eigenvalue weighted by atomic mass is 9.95. The van der Waals surface area contributed by atoms with E-state index in [0.29, 0.717) is 36.3 Å². The number of nitrogens with one attached hydrogen (secondary N) is 1. The second-order valence-electron chi connectivity index (χ2n) is 5.08. The molecular formula is C13H17NO4. The molecule has 1 aromatic heterocycles. The van der Waals surface area contributed by atoms with Gasteiger partial charge in [-0.15, -0.1) is 0 Å². The molecule has 2 aliphatic heterocycles. The Kier molecular flexibility index (Phi) is 2.87. The molecule has 2 fully saturated rings. The lowest BCUT2D eigenvalue weighted by Crippen LogP contribution is -2.36. The Balaban J connectivity index is 1.60. The minimum absolute atomic E-state index is 0.246. The number of hydrogen-bond acceptors (Lipinski definition) is 4. The molecule has 18 heavy (non-hydrogen) atoms. The third-order valence-corrected chi connectivity index (χ3v) is 3.84. The zero-order valence-electron chi connectivity index (χ0n) is 10.3. The van der Waals surface area contributed by atoms with Gasteiger partial charge in [0.25, 0.3) is 0 Å². The number of fused-ring (bicyclic) bond motifs is 2. The van der Waals surface area contributed by atoms with Crippen molar-refractivity contribution in [2.45, 2.75) is 51.0 Å². The van der Waals surface area contributed by atoms with Gasteiger partial charge in [0.2, 0.25) is 0 Å². The van der Waals surface area contributed by atoms with Crippen LogP contribution >= 0.6 is 0 Å². The maximum atomic E-state index is 10.9. The highest BCUT2D eigenvalue weighted by Crippen LogP contribution is 2.34. The average molecular weight is 251 g/mol. The van der Waals surface area contributed by atoms with Crippen LogP contribution in [0.15, 0.2) is 10.5 Å². The van der Waals surface area contributed by atoms with Crippen molar-refractivity contribution in [1.82, 2.24) is 5.32 Å². The standard InChI is InChI=1S/C13H17NO4/c1-7-10(13(15)16)4-9(17-7)6-14-11-5-8-2-3-12(11)18-8/h4,8,11-12,14H,2-3,5-6H2,1H3,(H,15,16). The van der Waals surface area contributed by atoms with Crippen LogP contribution in [0.5, 0.6) is 0 Å². The first-order chi connectivity index (χ1) is 8.63. The molecule has 1 aromatic rings. The van der Waals surface area contributed by atoms with Gasteiger partial charge in [-0.05, 0) is 32.3 Å². The molecule has 5 nitrogen and oxygen atoms in total. The first-order valence-corrected chi connectivity index (χ1v) is 6.35. The van der Waals surface area contributed by atoms with Crippen LogP contribution in [0.3, 0.4) is 0 Å². The van der Waals surface area contributed by atoms with E-state index in [4.69, 9.17) is 14.3 Å². The zero-order chi connectivity index (χ0) is 12.7. The van der Waals surface area contributed by atoms with Crippen molar-refractivity contribution in [3.63, 3.8) is 0 Å². The molecule has 0 spiro atoms. The summed E-state index contributed by atoms with van der Waals surface area (Å²) in [7, 11) is 0. The van der Waals surface area contributed by atoms with Crippen molar-refractivity contribution >= 4 is 5.97 Å². The number of aromatic carboxylic acids is 1. The van der Waals surface area contributed by atoms with Gasteiger partial charge in [0.05, 0.1) is 18.8 Å². The summed E-state index contributed by atoms with van der Waals surface area (Å²) >= 11 is 0. The van der Waals surface area contributed by atoms with Crippen LogP contribution in [0.2, 0.25) is 0 Å². The van der Waals surface area contributed by atoms with Gasteiger partial charge in [0, 0.05) is 6.04 Å². The first kappa shape index (κ1) is 11.7. The van der Waals surface area contributed by atoms with Crippen molar-refractivity contribution in [1.29, 1.82) is 0 Å². The molecule has 2 aliphatic rings. The summed E-state index contributed by atoms with van der Waals surface area (Å²) in [4.78, 5) is 10.9. The van der Waals surface area contributed by atoms with E-state index in [0.717, 1.165) is 12.8 Å². The first-order valence-electron chi connectivity index (χ1n) is 6.35. The molecule has 0 aromatic carbocycles. The zero-order valence-corrected chi connectivity index (χ0v) is 10.3. The summed E-state index contributed by atoms with van der Waals surface area (Å²) in [6.45, 7) is 2.24. The Morgan fingerprint density at radius 1 is 1.56 bits per heavy atom. The summed E-state index contributed by atoms with van der Waals surface area (Å²) in [5.74, 6) is 0.196. The third-order valence-electron chi connectivity index (χ3n) is 3.84. The maximum absolute atomic E-state index is 10.9. The number of carboxylic acids is 1. The van der Waals surface area contributed by atoms with E-state index < -0.39 is 5.97 Å². The molecule has 3 atom stereocenters. The molecule has 2 N–H and O–H groups in total. The SMILES string of the molecule is Cc1oc(CNC2CC3CCC2O3)cc1C(=O)O. The number of aryl methyl sites for hydroxylation is 1. The van der Waals surface area contributed by atoms with Crippen molar-refractivity contribution in [3.05, 3.63) is 23.2 Å². The van der Waals surface area contributed by atoms with Crippen LogP contribution in [-0.4, -0.2) is 29.3 Å². The molecule has 2 bridgehead atoms. The van der Waals surface area contributed by atoms with Crippen LogP contribution < -0.4 is 5.32 Å². The number of carboxylic acid groups (broad SMARTS) is 1. The Bertz CT molecular complexity index is 468. The smallest absolute Gasteiger partial charge is 0.339 e. The van der Waals surface area contributed by atoms with Crippen LogP contribution in [0.25, 0.3) is 0 Å². The summed E-state index contributed by atoms with van der Waals surface area (Å²) < 4.78 is 11.2. The van der Waals surface area contributed by atoms with E-state index >= 15 is 0 Å². The predicted octanol–water partition coefficient (Wildman–Crippen LogP) is 1.70. The number of rotatable bonds is 4. The topological polar surface area (TPSA) is 71.7 Å². The molecule has 98 valence electrons. The Morgan fingerprint density at radius 3 is 2.94 bits per heavy atom. The van der Waals surface area contributed by atoms with E-state index in [1.54, 1.807) is 13.0 Å². The third kappa shape index (κ3) is 2.04. The van der Waals surface area contributed by atoms with Crippen LogP contribution in [0, 0.1) is 6.92 Å². The van der Waals surface area contributed by atoms with Crippen molar-refractivity contribution in [2.75, 3.05) is 0 Å². The number of ether oxygens (including phenoxy) is 1. The summed E-state index contributed by atoms with van der Waals surface area (Å²) in [6.07, 6.45) is 4.09. The lowest BCUT2D eigenvalue weighted by Gasteiger charge is -2.19. The lowest BCUT2D eigenvalue weighted by molar-refractivity contribution is 0.0695. The van der Waals surface area contributed by atoms with Gasteiger partial charge < -0.3 is 19.6 Å². The molecule has 0 aliphatic carbocycles. The van der Waals surface area contributed by atoms with Gasteiger partial charge in [0.1, 0.15) is 17.1 Å². The quantitative estimate of drug-likeness (QED) is 0.852.